The maximum atomic E-state index is 13.4. The molecule has 210 valence electrons. The van der Waals surface area contributed by atoms with Crippen molar-refractivity contribution < 1.29 is 24.2 Å². The van der Waals surface area contributed by atoms with Crippen molar-refractivity contribution >= 4 is 52.4 Å². The number of hydrogen-bond donors (Lipinski definition) is 3. The molecule has 10 heteroatoms. The number of halogens is 2. The predicted molar refractivity (Wildman–Crippen MR) is 156 cm³/mol. The van der Waals surface area contributed by atoms with Gasteiger partial charge in [0.2, 0.25) is 5.91 Å². The summed E-state index contributed by atoms with van der Waals surface area (Å²) in [4.78, 5) is 40.2. The van der Waals surface area contributed by atoms with E-state index in [9.17, 15) is 19.5 Å². The van der Waals surface area contributed by atoms with Gasteiger partial charge in [0.1, 0.15) is 0 Å². The van der Waals surface area contributed by atoms with Gasteiger partial charge in [0.15, 0.2) is 0 Å². The number of amides is 2. The number of hydrogen-bond acceptors (Lipinski definition) is 5. The molecular formula is C30H31Cl2N3O5. The fraction of sp³-hybridized carbons (Fsp3) is 0.300. The Hall–Kier alpha value is -3.59. The quantitative estimate of drug-likeness (QED) is 0.297. The van der Waals surface area contributed by atoms with Crippen molar-refractivity contribution in [1.29, 1.82) is 0 Å². The number of carbonyl (C=O) groups is 3. The molecule has 0 saturated carbocycles. The second-order valence-electron chi connectivity index (χ2n) is 9.88. The topological polar surface area (TPSA) is 108 Å². The molecule has 3 aromatic carbocycles. The number of carboxylic acid groups (broad SMARTS) is 1. The van der Waals surface area contributed by atoms with E-state index in [1.807, 2.05) is 44.2 Å². The summed E-state index contributed by atoms with van der Waals surface area (Å²) in [7, 11) is 0. The number of benzene rings is 3. The van der Waals surface area contributed by atoms with E-state index in [2.05, 4.69) is 15.5 Å². The lowest BCUT2D eigenvalue weighted by Crippen LogP contribution is -2.50. The van der Waals surface area contributed by atoms with Crippen LogP contribution in [0.1, 0.15) is 47.8 Å². The van der Waals surface area contributed by atoms with E-state index in [1.165, 1.54) is 6.07 Å². The SMILES string of the molecule is CC1COCC(C)N1c1ccc(C(=O)NC(CC(=O)O)c2ccc(Cl)c(Cl)c2)cc1NC(=O)Cc1ccccc1. The fourth-order valence-corrected chi connectivity index (χ4v) is 5.16. The second kappa shape index (κ2) is 13.2. The summed E-state index contributed by atoms with van der Waals surface area (Å²) in [6.45, 7) is 5.15. The summed E-state index contributed by atoms with van der Waals surface area (Å²) in [5.41, 5.74) is 2.89. The summed E-state index contributed by atoms with van der Waals surface area (Å²) in [6, 6.07) is 18.4. The first-order valence-corrected chi connectivity index (χ1v) is 13.7. The number of aliphatic carboxylic acids is 1. The Labute approximate surface area is 243 Å². The number of carbonyl (C=O) groups excluding carboxylic acids is 2. The van der Waals surface area contributed by atoms with E-state index in [-0.39, 0.29) is 41.4 Å². The van der Waals surface area contributed by atoms with E-state index in [0.717, 1.165) is 11.3 Å². The van der Waals surface area contributed by atoms with Crippen molar-refractivity contribution in [2.24, 2.45) is 0 Å². The standard InChI is InChI=1S/C30H31Cl2N3O5/c1-18-16-40-17-19(2)35(18)27-11-9-22(14-26(27)33-28(36)12-20-6-4-3-5-7-20)30(39)34-25(15-29(37)38)21-8-10-23(31)24(32)13-21/h3-11,13-14,18-19,25H,12,15-17H2,1-2H3,(H,33,36)(H,34,39)(H,37,38). The van der Waals surface area contributed by atoms with E-state index in [4.69, 9.17) is 27.9 Å². The highest BCUT2D eigenvalue weighted by molar-refractivity contribution is 6.42. The zero-order valence-corrected chi connectivity index (χ0v) is 23.7. The van der Waals surface area contributed by atoms with Gasteiger partial charge < -0.3 is 25.4 Å². The lowest BCUT2D eigenvalue weighted by atomic mass is 10.0. The molecule has 1 aliphatic heterocycles. The molecule has 3 N–H and O–H groups in total. The van der Waals surface area contributed by atoms with Gasteiger partial charge in [-0.25, -0.2) is 0 Å². The van der Waals surface area contributed by atoms with Crippen LogP contribution in [0, 0.1) is 0 Å². The third-order valence-electron chi connectivity index (χ3n) is 6.72. The van der Waals surface area contributed by atoms with Gasteiger partial charge in [0, 0.05) is 17.6 Å². The lowest BCUT2D eigenvalue weighted by Gasteiger charge is -2.41. The first-order valence-electron chi connectivity index (χ1n) is 12.9. The van der Waals surface area contributed by atoms with Crippen molar-refractivity contribution in [3.8, 4) is 0 Å². The molecule has 3 unspecified atom stereocenters. The maximum absolute atomic E-state index is 13.4. The van der Waals surface area contributed by atoms with Crippen LogP contribution in [-0.4, -0.2) is 48.2 Å². The van der Waals surface area contributed by atoms with Gasteiger partial charge in [-0.05, 0) is 55.3 Å². The van der Waals surface area contributed by atoms with Crippen LogP contribution in [0.2, 0.25) is 10.0 Å². The highest BCUT2D eigenvalue weighted by Crippen LogP contribution is 2.33. The van der Waals surface area contributed by atoms with Crippen LogP contribution in [0.15, 0.2) is 66.7 Å². The summed E-state index contributed by atoms with van der Waals surface area (Å²) in [5, 5.41) is 15.8. The third kappa shape index (κ3) is 7.33. The first-order chi connectivity index (χ1) is 19.1. The van der Waals surface area contributed by atoms with Crippen LogP contribution in [-0.2, 0) is 20.7 Å². The van der Waals surface area contributed by atoms with Crippen LogP contribution in [0.3, 0.4) is 0 Å². The zero-order valence-electron chi connectivity index (χ0n) is 22.2. The van der Waals surface area contributed by atoms with Crippen LogP contribution < -0.4 is 15.5 Å². The molecule has 8 nitrogen and oxygen atoms in total. The molecule has 1 saturated heterocycles. The van der Waals surface area contributed by atoms with E-state index >= 15 is 0 Å². The average Bonchev–Trinajstić information content (AvgIpc) is 2.90. The van der Waals surface area contributed by atoms with Gasteiger partial charge in [-0.2, -0.15) is 0 Å². The molecular weight excluding hydrogens is 553 g/mol. The molecule has 40 heavy (non-hydrogen) atoms. The summed E-state index contributed by atoms with van der Waals surface area (Å²) >= 11 is 12.2. The number of carboxylic acids is 1. The van der Waals surface area contributed by atoms with Crippen LogP contribution in [0.25, 0.3) is 0 Å². The van der Waals surface area contributed by atoms with Gasteiger partial charge in [-0.3, -0.25) is 14.4 Å². The summed E-state index contributed by atoms with van der Waals surface area (Å²) in [5.74, 6) is -1.81. The van der Waals surface area contributed by atoms with Crippen molar-refractivity contribution in [2.75, 3.05) is 23.4 Å². The van der Waals surface area contributed by atoms with Crippen LogP contribution in [0.5, 0.6) is 0 Å². The van der Waals surface area contributed by atoms with Gasteiger partial charge >= 0.3 is 5.97 Å². The number of nitrogens with one attached hydrogen (secondary N) is 2. The minimum Gasteiger partial charge on any atom is -0.481 e. The zero-order chi connectivity index (χ0) is 28.8. The normalized spacial score (nSPS) is 17.6. The number of rotatable bonds is 9. The monoisotopic (exact) mass is 583 g/mol. The number of ether oxygens (including phenoxy) is 1. The molecule has 0 radical (unpaired) electrons. The molecule has 0 aromatic heterocycles. The molecule has 1 aliphatic rings. The average molecular weight is 585 g/mol. The molecule has 3 atom stereocenters. The number of nitrogens with zero attached hydrogens (tertiary/aromatic N) is 1. The van der Waals surface area contributed by atoms with Crippen LogP contribution in [0.4, 0.5) is 11.4 Å². The Morgan fingerprint density at radius 3 is 2.33 bits per heavy atom. The maximum Gasteiger partial charge on any atom is 0.305 e. The molecule has 1 fully saturated rings. The minimum atomic E-state index is -1.09. The molecule has 2 amide bonds. The molecule has 0 bridgehead atoms. The lowest BCUT2D eigenvalue weighted by molar-refractivity contribution is -0.137. The highest BCUT2D eigenvalue weighted by Gasteiger charge is 2.29. The van der Waals surface area contributed by atoms with Gasteiger partial charge in [0.05, 0.1) is 53.5 Å². The Bertz CT molecular complexity index is 1380. The summed E-state index contributed by atoms with van der Waals surface area (Å²) in [6.07, 6.45) is -0.186. The van der Waals surface area contributed by atoms with Gasteiger partial charge in [0.25, 0.3) is 5.91 Å². The fourth-order valence-electron chi connectivity index (χ4n) is 4.85. The van der Waals surface area contributed by atoms with E-state index in [0.29, 0.717) is 29.5 Å². The van der Waals surface area contributed by atoms with Crippen molar-refractivity contribution in [1.82, 2.24) is 5.32 Å². The van der Waals surface area contributed by atoms with Gasteiger partial charge in [-0.1, -0.05) is 59.6 Å². The van der Waals surface area contributed by atoms with E-state index < -0.39 is 17.9 Å². The Morgan fingerprint density at radius 1 is 0.975 bits per heavy atom. The minimum absolute atomic E-state index is 0.0443. The van der Waals surface area contributed by atoms with Crippen molar-refractivity contribution in [3.05, 3.63) is 93.5 Å². The molecule has 4 rings (SSSR count). The first kappa shape index (κ1) is 29.4. The van der Waals surface area contributed by atoms with Gasteiger partial charge in [-0.15, -0.1) is 0 Å². The van der Waals surface area contributed by atoms with Crippen molar-refractivity contribution in [3.63, 3.8) is 0 Å². The second-order valence-corrected chi connectivity index (χ2v) is 10.7. The molecule has 0 spiro atoms. The Morgan fingerprint density at radius 2 is 1.68 bits per heavy atom. The third-order valence-corrected chi connectivity index (χ3v) is 7.46. The number of morpholine rings is 1. The number of anilines is 2. The largest absolute Gasteiger partial charge is 0.481 e. The smallest absolute Gasteiger partial charge is 0.305 e. The van der Waals surface area contributed by atoms with Crippen LogP contribution >= 0.6 is 23.2 Å². The van der Waals surface area contributed by atoms with Crippen molar-refractivity contribution in [2.45, 2.75) is 44.8 Å². The Balaban J connectivity index is 1.64. The molecule has 0 aliphatic carbocycles. The predicted octanol–water partition coefficient (Wildman–Crippen LogP) is 5.73. The summed E-state index contributed by atoms with van der Waals surface area (Å²) < 4.78 is 5.68. The molecule has 3 aromatic rings. The molecule has 1 heterocycles. The Kier molecular flexibility index (Phi) is 9.68. The van der Waals surface area contributed by atoms with E-state index in [1.54, 1.807) is 30.3 Å². The highest BCUT2D eigenvalue weighted by atomic mass is 35.5.